The molecular formula is C20H27N3O2S. The number of hydrogen-bond acceptors (Lipinski definition) is 5. The van der Waals surface area contributed by atoms with Crippen LogP contribution in [0.4, 0.5) is 4.79 Å². The van der Waals surface area contributed by atoms with Gasteiger partial charge < -0.3 is 9.64 Å². The first-order valence-corrected chi connectivity index (χ1v) is 9.89. The summed E-state index contributed by atoms with van der Waals surface area (Å²) >= 11 is 1.67. The Bertz CT molecular complexity index is 745. The largest absolute Gasteiger partial charge is 0.444 e. The van der Waals surface area contributed by atoms with Gasteiger partial charge >= 0.3 is 6.09 Å². The van der Waals surface area contributed by atoms with Crippen molar-refractivity contribution in [2.75, 3.05) is 26.2 Å². The first kappa shape index (κ1) is 18.9. The van der Waals surface area contributed by atoms with Crippen LogP contribution in [0.3, 0.4) is 0 Å². The molecule has 0 aliphatic carbocycles. The number of thiazole rings is 1. The fourth-order valence-electron chi connectivity index (χ4n) is 3.03. The van der Waals surface area contributed by atoms with Crippen molar-refractivity contribution in [2.45, 2.75) is 39.8 Å². The number of nitrogens with zero attached hydrogens (tertiary/aromatic N) is 3. The van der Waals surface area contributed by atoms with Crippen LogP contribution in [0.2, 0.25) is 0 Å². The van der Waals surface area contributed by atoms with Gasteiger partial charge in [-0.25, -0.2) is 9.78 Å². The Morgan fingerprint density at radius 2 is 1.96 bits per heavy atom. The molecule has 0 atom stereocenters. The zero-order valence-corrected chi connectivity index (χ0v) is 16.8. The summed E-state index contributed by atoms with van der Waals surface area (Å²) in [5.41, 5.74) is 3.30. The second kappa shape index (κ2) is 7.76. The molecule has 1 aromatic carbocycles. The third kappa shape index (κ3) is 4.83. The summed E-state index contributed by atoms with van der Waals surface area (Å²) < 4.78 is 5.46. The van der Waals surface area contributed by atoms with Crippen LogP contribution in [0.1, 0.15) is 31.9 Å². The highest BCUT2D eigenvalue weighted by Crippen LogP contribution is 2.27. The normalized spacial score (nSPS) is 15.9. The van der Waals surface area contributed by atoms with Crippen molar-refractivity contribution >= 4 is 17.4 Å². The van der Waals surface area contributed by atoms with E-state index >= 15 is 0 Å². The summed E-state index contributed by atoms with van der Waals surface area (Å²) in [6.07, 6.45) is 1.64. The number of aromatic nitrogens is 1. The predicted molar refractivity (Wildman–Crippen MR) is 105 cm³/mol. The summed E-state index contributed by atoms with van der Waals surface area (Å²) in [7, 11) is 0. The second-order valence-electron chi connectivity index (χ2n) is 7.73. The lowest BCUT2D eigenvalue weighted by molar-refractivity contribution is 0.0139. The molecule has 1 aromatic heterocycles. The standard InChI is InChI=1S/C20H27N3O2S/c1-15-5-6-16(13-17(15)18-21-7-12-26-18)14-22-8-10-23(11-9-22)19(24)25-20(2,3)4/h5-7,12-13H,8-11,14H2,1-4H3. The van der Waals surface area contributed by atoms with Gasteiger partial charge in [0.1, 0.15) is 10.6 Å². The Morgan fingerprint density at radius 1 is 1.23 bits per heavy atom. The van der Waals surface area contributed by atoms with Crippen molar-refractivity contribution in [1.29, 1.82) is 0 Å². The topological polar surface area (TPSA) is 45.7 Å². The van der Waals surface area contributed by atoms with E-state index in [4.69, 9.17) is 4.74 Å². The van der Waals surface area contributed by atoms with E-state index in [2.05, 4.69) is 35.0 Å². The maximum Gasteiger partial charge on any atom is 0.410 e. The van der Waals surface area contributed by atoms with Crippen molar-refractivity contribution in [1.82, 2.24) is 14.8 Å². The van der Waals surface area contributed by atoms with E-state index in [9.17, 15) is 4.79 Å². The molecule has 1 aliphatic rings. The molecule has 0 N–H and O–H groups in total. The van der Waals surface area contributed by atoms with Crippen molar-refractivity contribution in [3.63, 3.8) is 0 Å². The number of amides is 1. The third-order valence-corrected chi connectivity index (χ3v) is 5.20. The van der Waals surface area contributed by atoms with Crippen molar-refractivity contribution in [2.24, 2.45) is 0 Å². The van der Waals surface area contributed by atoms with Crippen LogP contribution < -0.4 is 0 Å². The average molecular weight is 374 g/mol. The van der Waals surface area contributed by atoms with Gasteiger partial charge in [0.2, 0.25) is 0 Å². The number of rotatable bonds is 3. The molecule has 6 heteroatoms. The van der Waals surface area contributed by atoms with Crippen LogP contribution in [0.15, 0.2) is 29.8 Å². The second-order valence-corrected chi connectivity index (χ2v) is 8.62. The molecule has 0 spiro atoms. The SMILES string of the molecule is Cc1ccc(CN2CCN(C(=O)OC(C)(C)C)CC2)cc1-c1nccs1. The molecule has 5 nitrogen and oxygen atoms in total. The molecule has 0 bridgehead atoms. The molecule has 1 amide bonds. The van der Waals surface area contributed by atoms with Gasteiger partial charge in [0.25, 0.3) is 0 Å². The van der Waals surface area contributed by atoms with E-state index in [1.54, 1.807) is 16.2 Å². The molecule has 1 fully saturated rings. The molecule has 1 aliphatic heterocycles. The lowest BCUT2D eigenvalue weighted by atomic mass is 10.0. The summed E-state index contributed by atoms with van der Waals surface area (Å²) in [4.78, 5) is 20.8. The number of carbonyl (C=O) groups excluding carboxylic acids is 1. The highest BCUT2D eigenvalue weighted by Gasteiger charge is 2.25. The number of aryl methyl sites for hydroxylation is 1. The zero-order valence-electron chi connectivity index (χ0n) is 16.0. The molecule has 1 saturated heterocycles. The number of benzene rings is 1. The minimum absolute atomic E-state index is 0.210. The van der Waals surface area contributed by atoms with Crippen LogP contribution in [-0.4, -0.2) is 52.7 Å². The van der Waals surface area contributed by atoms with Crippen LogP contribution >= 0.6 is 11.3 Å². The summed E-state index contributed by atoms with van der Waals surface area (Å²) in [6.45, 7) is 11.9. The van der Waals surface area contributed by atoms with Gasteiger partial charge in [-0.15, -0.1) is 11.3 Å². The molecule has 2 heterocycles. The minimum Gasteiger partial charge on any atom is -0.444 e. The zero-order chi connectivity index (χ0) is 18.7. The van der Waals surface area contributed by atoms with Gasteiger partial charge in [-0.2, -0.15) is 0 Å². The van der Waals surface area contributed by atoms with Crippen LogP contribution in [0.5, 0.6) is 0 Å². The highest BCUT2D eigenvalue weighted by atomic mass is 32.1. The van der Waals surface area contributed by atoms with Gasteiger partial charge in [-0.3, -0.25) is 4.90 Å². The van der Waals surface area contributed by atoms with Crippen LogP contribution in [0.25, 0.3) is 10.6 Å². The fraction of sp³-hybridized carbons (Fsp3) is 0.500. The molecule has 0 unspecified atom stereocenters. The number of carbonyl (C=O) groups is 1. The van der Waals surface area contributed by atoms with E-state index in [0.29, 0.717) is 13.1 Å². The fourth-order valence-corrected chi connectivity index (χ4v) is 3.75. The molecule has 0 saturated carbocycles. The molecule has 2 aromatic rings. The average Bonchev–Trinajstić information content (AvgIpc) is 3.10. The molecular weight excluding hydrogens is 346 g/mol. The highest BCUT2D eigenvalue weighted by molar-refractivity contribution is 7.13. The van der Waals surface area contributed by atoms with Crippen molar-refractivity contribution in [3.8, 4) is 10.6 Å². The minimum atomic E-state index is -0.442. The van der Waals surface area contributed by atoms with E-state index in [1.807, 2.05) is 32.3 Å². The number of piperazine rings is 1. The molecule has 26 heavy (non-hydrogen) atoms. The third-order valence-electron chi connectivity index (χ3n) is 4.39. The maximum absolute atomic E-state index is 12.2. The Balaban J connectivity index is 1.58. The Kier molecular flexibility index (Phi) is 5.63. The Morgan fingerprint density at radius 3 is 2.58 bits per heavy atom. The lowest BCUT2D eigenvalue weighted by Crippen LogP contribution is -2.49. The van der Waals surface area contributed by atoms with E-state index < -0.39 is 5.60 Å². The van der Waals surface area contributed by atoms with E-state index in [-0.39, 0.29) is 6.09 Å². The monoisotopic (exact) mass is 373 g/mol. The lowest BCUT2D eigenvalue weighted by Gasteiger charge is -2.35. The van der Waals surface area contributed by atoms with Gasteiger partial charge in [-0.05, 0) is 44.9 Å². The predicted octanol–water partition coefficient (Wildman–Crippen LogP) is 4.17. The summed E-state index contributed by atoms with van der Waals surface area (Å²) in [5.74, 6) is 0. The van der Waals surface area contributed by atoms with Crippen LogP contribution in [0, 0.1) is 6.92 Å². The van der Waals surface area contributed by atoms with Gasteiger partial charge in [-0.1, -0.05) is 12.1 Å². The molecule has 3 rings (SSSR count). The first-order chi connectivity index (χ1) is 12.3. The smallest absolute Gasteiger partial charge is 0.410 e. The van der Waals surface area contributed by atoms with Gasteiger partial charge in [0.15, 0.2) is 0 Å². The quantitative estimate of drug-likeness (QED) is 0.810. The van der Waals surface area contributed by atoms with Crippen molar-refractivity contribution in [3.05, 3.63) is 40.9 Å². The number of ether oxygens (including phenoxy) is 1. The van der Waals surface area contributed by atoms with E-state index in [0.717, 1.165) is 24.6 Å². The first-order valence-electron chi connectivity index (χ1n) is 9.01. The Hall–Kier alpha value is -1.92. The summed E-state index contributed by atoms with van der Waals surface area (Å²) in [6, 6.07) is 6.60. The summed E-state index contributed by atoms with van der Waals surface area (Å²) in [5, 5.41) is 3.08. The molecule has 0 radical (unpaired) electrons. The molecule has 140 valence electrons. The van der Waals surface area contributed by atoms with Gasteiger partial charge in [0.05, 0.1) is 0 Å². The Labute approximate surface area is 159 Å². The van der Waals surface area contributed by atoms with Gasteiger partial charge in [0, 0.05) is 49.9 Å². The van der Waals surface area contributed by atoms with Crippen LogP contribution in [-0.2, 0) is 11.3 Å². The maximum atomic E-state index is 12.2. The van der Waals surface area contributed by atoms with E-state index in [1.165, 1.54) is 16.7 Å². The number of hydrogen-bond donors (Lipinski definition) is 0. The van der Waals surface area contributed by atoms with Crippen molar-refractivity contribution < 1.29 is 9.53 Å².